The predicted octanol–water partition coefficient (Wildman–Crippen LogP) is 1.55. The van der Waals surface area contributed by atoms with E-state index in [0.29, 0.717) is 5.75 Å². The normalized spacial score (nSPS) is 13.9. The Labute approximate surface area is 96.3 Å². The molecule has 0 unspecified atom stereocenters. The number of rotatable bonds is 2. The molecule has 2 rings (SSSR count). The molecule has 0 amide bonds. The minimum Gasteiger partial charge on any atom is -0.454 e. The first kappa shape index (κ1) is 11.2. The van der Waals surface area contributed by atoms with Gasteiger partial charge in [-0.05, 0) is 13.0 Å². The van der Waals surface area contributed by atoms with Crippen molar-refractivity contribution in [3.8, 4) is 11.5 Å². The number of hydrogen-bond acceptors (Lipinski definition) is 5. The van der Waals surface area contributed by atoms with Crippen LogP contribution >= 0.6 is 10.7 Å². The van der Waals surface area contributed by atoms with Gasteiger partial charge in [-0.25, -0.2) is 8.42 Å². The summed E-state index contributed by atoms with van der Waals surface area (Å²) in [5, 5.41) is 0. The number of carbonyl (C=O) groups excluding carboxylic acids is 1. The van der Waals surface area contributed by atoms with Gasteiger partial charge in [-0.2, -0.15) is 0 Å². The molecule has 0 radical (unpaired) electrons. The molecule has 1 heterocycles. The van der Waals surface area contributed by atoms with Crippen molar-refractivity contribution in [1.82, 2.24) is 0 Å². The van der Waals surface area contributed by atoms with E-state index in [1.54, 1.807) is 0 Å². The van der Waals surface area contributed by atoms with Gasteiger partial charge in [0, 0.05) is 22.3 Å². The maximum Gasteiger partial charge on any atom is 0.262 e. The van der Waals surface area contributed by atoms with Crippen LogP contribution in [0.1, 0.15) is 17.3 Å². The second-order valence-corrected chi connectivity index (χ2v) is 5.73. The lowest BCUT2D eigenvalue weighted by molar-refractivity contribution is 0.101. The fourth-order valence-corrected chi connectivity index (χ4v) is 2.50. The van der Waals surface area contributed by atoms with Gasteiger partial charge in [0.15, 0.2) is 17.3 Å². The maximum absolute atomic E-state index is 11.3. The minimum atomic E-state index is -3.98. The number of hydrogen-bond donors (Lipinski definition) is 0. The summed E-state index contributed by atoms with van der Waals surface area (Å²) in [6.45, 7) is 1.25. The molecule has 0 aliphatic carbocycles. The van der Waals surface area contributed by atoms with Gasteiger partial charge in [-0.1, -0.05) is 0 Å². The summed E-state index contributed by atoms with van der Waals surface area (Å²) in [5.41, 5.74) is -0.000694. The Hall–Kier alpha value is -1.27. The van der Waals surface area contributed by atoms with Crippen LogP contribution in [0, 0.1) is 0 Å². The van der Waals surface area contributed by atoms with Crippen LogP contribution < -0.4 is 9.47 Å². The molecule has 1 aliphatic rings. The molecular formula is C9H7ClO5S. The zero-order valence-electron chi connectivity index (χ0n) is 8.19. The van der Waals surface area contributed by atoms with Crippen molar-refractivity contribution < 1.29 is 22.7 Å². The number of ether oxygens (including phenoxy) is 2. The highest BCUT2D eigenvalue weighted by molar-refractivity contribution is 8.13. The van der Waals surface area contributed by atoms with Gasteiger partial charge >= 0.3 is 0 Å². The molecule has 86 valence electrons. The summed E-state index contributed by atoms with van der Waals surface area (Å²) in [5.74, 6) is 0.205. The Morgan fingerprint density at radius 3 is 2.38 bits per heavy atom. The predicted molar refractivity (Wildman–Crippen MR) is 55.6 cm³/mol. The van der Waals surface area contributed by atoms with Crippen molar-refractivity contribution in [2.24, 2.45) is 0 Å². The number of benzene rings is 1. The summed E-state index contributed by atoms with van der Waals surface area (Å²) in [7, 11) is 1.25. The third-order valence-corrected chi connectivity index (χ3v) is 3.48. The van der Waals surface area contributed by atoms with E-state index in [1.807, 2.05) is 0 Å². The van der Waals surface area contributed by atoms with Crippen molar-refractivity contribution in [1.29, 1.82) is 0 Å². The van der Waals surface area contributed by atoms with Crippen molar-refractivity contribution in [2.75, 3.05) is 6.79 Å². The SMILES string of the molecule is CC(=O)c1cc2c(cc1S(=O)(=O)Cl)OCO2. The van der Waals surface area contributed by atoms with E-state index in [-0.39, 0.29) is 23.0 Å². The lowest BCUT2D eigenvalue weighted by Crippen LogP contribution is -2.02. The highest BCUT2D eigenvalue weighted by atomic mass is 35.7. The summed E-state index contributed by atoms with van der Waals surface area (Å²) >= 11 is 0. The third kappa shape index (κ3) is 1.85. The van der Waals surface area contributed by atoms with Gasteiger partial charge in [-0.15, -0.1) is 0 Å². The van der Waals surface area contributed by atoms with Gasteiger partial charge in [0.05, 0.1) is 4.90 Å². The quantitative estimate of drug-likeness (QED) is 0.597. The second kappa shape index (κ2) is 3.64. The number of ketones is 1. The zero-order valence-corrected chi connectivity index (χ0v) is 9.76. The summed E-state index contributed by atoms with van der Waals surface area (Å²) < 4.78 is 32.6. The van der Waals surface area contributed by atoms with Crippen molar-refractivity contribution >= 4 is 25.5 Å². The molecule has 1 aromatic carbocycles. The zero-order chi connectivity index (χ0) is 11.9. The molecule has 0 saturated heterocycles. The molecule has 0 N–H and O–H groups in total. The van der Waals surface area contributed by atoms with E-state index in [4.69, 9.17) is 20.2 Å². The lowest BCUT2D eigenvalue weighted by Gasteiger charge is -2.05. The lowest BCUT2D eigenvalue weighted by atomic mass is 10.1. The molecule has 1 aromatic rings. The van der Waals surface area contributed by atoms with E-state index in [0.717, 1.165) is 0 Å². The van der Waals surface area contributed by atoms with Crippen molar-refractivity contribution in [2.45, 2.75) is 11.8 Å². The Kier molecular flexibility index (Phi) is 2.55. The Morgan fingerprint density at radius 2 is 1.88 bits per heavy atom. The van der Waals surface area contributed by atoms with Crippen LogP contribution in [0.4, 0.5) is 0 Å². The Bertz CT molecular complexity index is 564. The van der Waals surface area contributed by atoms with Crippen LogP contribution in [-0.2, 0) is 9.05 Å². The molecule has 0 fully saturated rings. The highest BCUT2D eigenvalue weighted by Crippen LogP contribution is 2.37. The van der Waals surface area contributed by atoms with Gasteiger partial charge in [-0.3, -0.25) is 4.79 Å². The maximum atomic E-state index is 11.3. The molecule has 0 bridgehead atoms. The molecule has 16 heavy (non-hydrogen) atoms. The first-order chi connectivity index (χ1) is 7.39. The smallest absolute Gasteiger partial charge is 0.262 e. The van der Waals surface area contributed by atoms with Crippen molar-refractivity contribution in [3.63, 3.8) is 0 Å². The van der Waals surface area contributed by atoms with Crippen LogP contribution in [-0.4, -0.2) is 21.0 Å². The molecular weight excluding hydrogens is 256 g/mol. The fraction of sp³-hybridized carbons (Fsp3) is 0.222. The topological polar surface area (TPSA) is 69.7 Å². The van der Waals surface area contributed by atoms with Crippen LogP contribution in [0.5, 0.6) is 11.5 Å². The van der Waals surface area contributed by atoms with E-state index >= 15 is 0 Å². The minimum absolute atomic E-state index is 0.000694. The highest BCUT2D eigenvalue weighted by Gasteiger charge is 2.25. The van der Waals surface area contributed by atoms with Gasteiger partial charge in [0.2, 0.25) is 6.79 Å². The molecule has 0 aromatic heterocycles. The fourth-order valence-electron chi connectivity index (χ4n) is 1.40. The molecule has 5 nitrogen and oxygen atoms in total. The monoisotopic (exact) mass is 262 g/mol. The molecule has 1 aliphatic heterocycles. The molecule has 0 spiro atoms. The molecule has 0 atom stereocenters. The average Bonchev–Trinajstić information content (AvgIpc) is 2.60. The molecule has 0 saturated carbocycles. The molecule has 7 heteroatoms. The number of fused-ring (bicyclic) bond motifs is 1. The van der Waals surface area contributed by atoms with Crippen LogP contribution in [0.25, 0.3) is 0 Å². The van der Waals surface area contributed by atoms with E-state index in [1.165, 1.54) is 19.1 Å². The Morgan fingerprint density at radius 1 is 1.31 bits per heavy atom. The number of halogens is 1. The van der Waals surface area contributed by atoms with Crippen LogP contribution in [0.3, 0.4) is 0 Å². The van der Waals surface area contributed by atoms with E-state index in [2.05, 4.69) is 0 Å². The van der Waals surface area contributed by atoms with E-state index in [9.17, 15) is 13.2 Å². The van der Waals surface area contributed by atoms with Gasteiger partial charge < -0.3 is 9.47 Å². The third-order valence-electron chi connectivity index (χ3n) is 2.12. The summed E-state index contributed by atoms with van der Waals surface area (Å²) in [6.07, 6.45) is 0. The first-order valence-electron chi connectivity index (χ1n) is 4.29. The van der Waals surface area contributed by atoms with E-state index < -0.39 is 14.8 Å². The van der Waals surface area contributed by atoms with Crippen LogP contribution in [0.15, 0.2) is 17.0 Å². The standard InChI is InChI=1S/C9H7ClO5S/c1-5(11)6-2-7-8(15-4-14-7)3-9(6)16(10,12)13/h2-3H,4H2,1H3. The number of Topliss-reactive ketones (excluding diaryl/α,β-unsaturated/α-hetero) is 1. The summed E-state index contributed by atoms with van der Waals surface area (Å²) in [4.78, 5) is 11.0. The largest absolute Gasteiger partial charge is 0.454 e. The average molecular weight is 263 g/mol. The summed E-state index contributed by atoms with van der Waals surface area (Å²) in [6, 6.07) is 2.52. The number of carbonyl (C=O) groups is 1. The van der Waals surface area contributed by atoms with Gasteiger partial charge in [0.25, 0.3) is 9.05 Å². The van der Waals surface area contributed by atoms with Crippen LogP contribution in [0.2, 0.25) is 0 Å². The second-order valence-electron chi connectivity index (χ2n) is 3.20. The van der Waals surface area contributed by atoms with Crippen molar-refractivity contribution in [3.05, 3.63) is 17.7 Å². The van der Waals surface area contributed by atoms with Gasteiger partial charge in [0.1, 0.15) is 0 Å². The first-order valence-corrected chi connectivity index (χ1v) is 6.60. The Balaban J connectivity index is 2.72.